The Hall–Kier alpha value is -3.14. The number of benzene rings is 3. The first-order chi connectivity index (χ1) is 17.9. The molecule has 1 aliphatic heterocycles. The summed E-state index contributed by atoms with van der Waals surface area (Å²) in [7, 11) is 1.56. The summed E-state index contributed by atoms with van der Waals surface area (Å²) in [6, 6.07) is 21.5. The highest BCUT2D eigenvalue weighted by Crippen LogP contribution is 2.41. The predicted molar refractivity (Wildman–Crippen MR) is 152 cm³/mol. The van der Waals surface area contributed by atoms with Crippen LogP contribution in [-0.4, -0.2) is 34.8 Å². The first-order valence-electron chi connectivity index (χ1n) is 11.5. The summed E-state index contributed by atoms with van der Waals surface area (Å²) in [5.74, 6) is 0.176. The van der Waals surface area contributed by atoms with Crippen LogP contribution in [0.1, 0.15) is 29.7 Å². The summed E-state index contributed by atoms with van der Waals surface area (Å²) in [4.78, 5) is 28.1. The molecule has 9 heteroatoms. The van der Waals surface area contributed by atoms with E-state index in [9.17, 15) is 9.59 Å². The number of thiocarbonyl (C=S) groups is 1. The molecule has 0 saturated carbocycles. The maximum absolute atomic E-state index is 13.5. The number of carbonyl (C=O) groups is 2. The Labute approximate surface area is 233 Å². The SMILES string of the molecule is CCOC(=O)C(c1ccccc1)N1C(=O)/C(=C/c2cc(Br)c(OCc3ccccc3)c(OC)c2)SC1=S. The topological polar surface area (TPSA) is 65.1 Å². The molecule has 37 heavy (non-hydrogen) atoms. The van der Waals surface area contributed by atoms with E-state index >= 15 is 0 Å². The van der Waals surface area contributed by atoms with E-state index in [1.54, 1.807) is 50.4 Å². The number of rotatable bonds is 9. The van der Waals surface area contributed by atoms with Gasteiger partial charge in [0.05, 0.1) is 23.1 Å². The molecule has 4 rings (SSSR count). The van der Waals surface area contributed by atoms with Crippen molar-refractivity contribution in [1.82, 2.24) is 4.90 Å². The van der Waals surface area contributed by atoms with Crippen LogP contribution in [0.25, 0.3) is 6.08 Å². The molecule has 1 atom stereocenters. The van der Waals surface area contributed by atoms with Crippen molar-refractivity contribution in [2.75, 3.05) is 13.7 Å². The standard InChI is InChI=1S/C28H24BrNO5S2/c1-3-34-27(32)24(20-12-8-5-9-13-20)30-26(31)23(37-28(30)36)16-19-14-21(29)25(22(15-19)33-2)35-17-18-10-6-4-7-11-18/h4-16,24H,3,17H2,1-2H3/b23-16-. The number of carbonyl (C=O) groups excluding carboxylic acids is 2. The predicted octanol–water partition coefficient (Wildman–Crippen LogP) is 6.54. The fourth-order valence-electron chi connectivity index (χ4n) is 3.79. The molecule has 0 radical (unpaired) electrons. The zero-order valence-corrected chi connectivity index (χ0v) is 23.4. The van der Waals surface area contributed by atoms with Gasteiger partial charge < -0.3 is 14.2 Å². The van der Waals surface area contributed by atoms with E-state index in [2.05, 4.69) is 15.9 Å². The summed E-state index contributed by atoms with van der Waals surface area (Å²) in [5, 5.41) is 0. The summed E-state index contributed by atoms with van der Waals surface area (Å²) >= 11 is 10.2. The number of ether oxygens (including phenoxy) is 3. The molecular formula is C28H24BrNO5S2. The smallest absolute Gasteiger partial charge is 0.333 e. The molecule has 1 aliphatic rings. The van der Waals surface area contributed by atoms with Crippen molar-refractivity contribution in [3.05, 3.63) is 98.9 Å². The monoisotopic (exact) mass is 597 g/mol. The Morgan fingerprint density at radius 1 is 1.11 bits per heavy atom. The lowest BCUT2D eigenvalue weighted by molar-refractivity contribution is -0.151. The van der Waals surface area contributed by atoms with Crippen LogP contribution in [0.3, 0.4) is 0 Å². The van der Waals surface area contributed by atoms with E-state index in [1.165, 1.54) is 4.90 Å². The number of amides is 1. The Bertz CT molecular complexity index is 1330. The Morgan fingerprint density at radius 3 is 2.43 bits per heavy atom. The van der Waals surface area contributed by atoms with Crippen LogP contribution in [-0.2, 0) is 20.9 Å². The van der Waals surface area contributed by atoms with Gasteiger partial charge in [0.1, 0.15) is 10.9 Å². The molecule has 0 aromatic heterocycles. The third-order valence-electron chi connectivity index (χ3n) is 5.48. The van der Waals surface area contributed by atoms with E-state index in [-0.39, 0.29) is 16.8 Å². The molecule has 0 aliphatic carbocycles. The van der Waals surface area contributed by atoms with E-state index < -0.39 is 12.0 Å². The number of hydrogen-bond acceptors (Lipinski definition) is 7. The van der Waals surface area contributed by atoms with Crippen LogP contribution in [0.15, 0.2) is 82.2 Å². The molecule has 1 unspecified atom stereocenters. The molecule has 1 amide bonds. The molecule has 3 aromatic rings. The van der Waals surface area contributed by atoms with Gasteiger partial charge in [-0.1, -0.05) is 84.6 Å². The number of thioether (sulfide) groups is 1. The Morgan fingerprint density at radius 2 is 1.78 bits per heavy atom. The molecular weight excluding hydrogens is 574 g/mol. The lowest BCUT2D eigenvalue weighted by atomic mass is 10.1. The molecule has 190 valence electrons. The molecule has 0 bridgehead atoms. The fraction of sp³-hybridized carbons (Fsp3) is 0.179. The van der Waals surface area contributed by atoms with E-state index in [0.717, 1.165) is 17.3 Å². The average molecular weight is 599 g/mol. The largest absolute Gasteiger partial charge is 0.493 e. The minimum absolute atomic E-state index is 0.194. The quantitative estimate of drug-likeness (QED) is 0.157. The number of methoxy groups -OCH3 is 1. The average Bonchev–Trinajstić information content (AvgIpc) is 3.17. The maximum atomic E-state index is 13.5. The number of halogens is 1. The number of esters is 1. The summed E-state index contributed by atoms with van der Waals surface area (Å²) in [5.41, 5.74) is 2.37. The van der Waals surface area contributed by atoms with Crippen molar-refractivity contribution in [2.45, 2.75) is 19.6 Å². The highest BCUT2D eigenvalue weighted by molar-refractivity contribution is 9.10. The highest BCUT2D eigenvalue weighted by atomic mass is 79.9. The van der Waals surface area contributed by atoms with Gasteiger partial charge >= 0.3 is 5.97 Å². The van der Waals surface area contributed by atoms with Crippen LogP contribution in [0.2, 0.25) is 0 Å². The normalized spacial score (nSPS) is 15.1. The van der Waals surface area contributed by atoms with Gasteiger partial charge in [0.25, 0.3) is 5.91 Å². The van der Waals surface area contributed by atoms with Crippen LogP contribution in [0, 0.1) is 0 Å². The number of nitrogens with zero attached hydrogens (tertiary/aromatic N) is 1. The van der Waals surface area contributed by atoms with Gasteiger partial charge in [0, 0.05) is 0 Å². The molecule has 3 aromatic carbocycles. The van der Waals surface area contributed by atoms with Gasteiger partial charge in [0.15, 0.2) is 17.5 Å². The van der Waals surface area contributed by atoms with Crippen LogP contribution in [0.5, 0.6) is 11.5 Å². The maximum Gasteiger partial charge on any atom is 0.333 e. The molecule has 1 saturated heterocycles. The van der Waals surface area contributed by atoms with Gasteiger partial charge in [0.2, 0.25) is 0 Å². The zero-order valence-electron chi connectivity index (χ0n) is 20.2. The van der Waals surface area contributed by atoms with E-state index in [0.29, 0.717) is 38.6 Å². The zero-order chi connectivity index (χ0) is 26.4. The third kappa shape index (κ3) is 6.23. The fourth-order valence-corrected chi connectivity index (χ4v) is 5.68. The first kappa shape index (κ1) is 26.9. The van der Waals surface area contributed by atoms with Gasteiger partial charge in [-0.25, -0.2) is 4.79 Å². The summed E-state index contributed by atoms with van der Waals surface area (Å²) in [6.45, 7) is 2.30. The van der Waals surface area contributed by atoms with Gasteiger partial charge in [-0.05, 0) is 57.8 Å². The lowest BCUT2D eigenvalue weighted by Crippen LogP contribution is -2.38. The van der Waals surface area contributed by atoms with E-state index in [4.69, 9.17) is 26.4 Å². The molecule has 1 fully saturated rings. The minimum atomic E-state index is -0.963. The van der Waals surface area contributed by atoms with Crippen molar-refractivity contribution in [3.63, 3.8) is 0 Å². The van der Waals surface area contributed by atoms with Gasteiger partial charge in [-0.3, -0.25) is 9.69 Å². The summed E-state index contributed by atoms with van der Waals surface area (Å²) < 4.78 is 17.8. The Balaban J connectivity index is 1.61. The second kappa shape index (κ2) is 12.4. The lowest BCUT2D eigenvalue weighted by Gasteiger charge is -2.25. The molecule has 6 nitrogen and oxygen atoms in total. The van der Waals surface area contributed by atoms with Crippen LogP contribution < -0.4 is 9.47 Å². The number of hydrogen-bond donors (Lipinski definition) is 0. The van der Waals surface area contributed by atoms with Crippen molar-refractivity contribution in [3.8, 4) is 11.5 Å². The summed E-state index contributed by atoms with van der Waals surface area (Å²) in [6.07, 6.45) is 1.72. The van der Waals surface area contributed by atoms with Crippen molar-refractivity contribution in [2.24, 2.45) is 0 Å². The minimum Gasteiger partial charge on any atom is -0.493 e. The molecule has 0 N–H and O–H groups in total. The van der Waals surface area contributed by atoms with Gasteiger partial charge in [-0.2, -0.15) is 0 Å². The van der Waals surface area contributed by atoms with Crippen molar-refractivity contribution >= 4 is 62.2 Å². The first-order valence-corrected chi connectivity index (χ1v) is 13.5. The van der Waals surface area contributed by atoms with Gasteiger partial charge in [-0.15, -0.1) is 0 Å². The third-order valence-corrected chi connectivity index (χ3v) is 7.40. The second-order valence-electron chi connectivity index (χ2n) is 7.93. The van der Waals surface area contributed by atoms with Crippen molar-refractivity contribution < 1.29 is 23.8 Å². The Kier molecular flexibility index (Phi) is 9.02. The molecule has 1 heterocycles. The van der Waals surface area contributed by atoms with E-state index in [1.807, 2.05) is 42.5 Å². The van der Waals surface area contributed by atoms with Crippen LogP contribution >= 0.6 is 39.9 Å². The van der Waals surface area contributed by atoms with Crippen LogP contribution in [0.4, 0.5) is 0 Å². The molecule has 0 spiro atoms. The highest BCUT2D eigenvalue weighted by Gasteiger charge is 2.42. The van der Waals surface area contributed by atoms with Crippen molar-refractivity contribution in [1.29, 1.82) is 0 Å². The second-order valence-corrected chi connectivity index (χ2v) is 10.5.